The number of rotatable bonds is 3. The number of hydrogen-bond donors (Lipinski definition) is 1. The van der Waals surface area contributed by atoms with E-state index in [4.69, 9.17) is 4.74 Å². The third-order valence-corrected chi connectivity index (χ3v) is 2.94. The van der Waals surface area contributed by atoms with Crippen LogP contribution < -0.4 is 4.74 Å². The van der Waals surface area contributed by atoms with E-state index in [2.05, 4.69) is 29.4 Å². The molecule has 78 valence electrons. The average Bonchev–Trinajstić information content (AvgIpc) is 2.78. The largest absolute Gasteiger partial charge is 0.497 e. The highest BCUT2D eigenvalue weighted by Crippen LogP contribution is 2.25. The monoisotopic (exact) mass is 219 g/mol. The molecule has 0 aliphatic rings. The summed E-state index contributed by atoms with van der Waals surface area (Å²) in [7, 11) is 1.68. The summed E-state index contributed by atoms with van der Waals surface area (Å²) >= 11 is 1.71. The number of ether oxygens (including phenoxy) is 1. The molecule has 2 rings (SSSR count). The fourth-order valence-corrected chi connectivity index (χ4v) is 1.87. The maximum Gasteiger partial charge on any atom is 0.119 e. The molecule has 0 bridgehead atoms. The van der Waals surface area contributed by atoms with Crippen LogP contribution in [0.15, 0.2) is 41.4 Å². The van der Waals surface area contributed by atoms with Gasteiger partial charge < -0.3 is 9.72 Å². The van der Waals surface area contributed by atoms with Crippen LogP contribution in [-0.4, -0.2) is 18.3 Å². The van der Waals surface area contributed by atoms with Gasteiger partial charge in [0.2, 0.25) is 0 Å². The van der Waals surface area contributed by atoms with E-state index in [9.17, 15) is 0 Å². The molecule has 0 aliphatic heterocycles. The van der Waals surface area contributed by atoms with Crippen LogP contribution in [0.1, 0.15) is 0 Å². The zero-order chi connectivity index (χ0) is 10.7. The molecule has 0 radical (unpaired) electrons. The van der Waals surface area contributed by atoms with Crippen molar-refractivity contribution in [3.63, 3.8) is 0 Å². The van der Waals surface area contributed by atoms with Gasteiger partial charge in [0, 0.05) is 11.3 Å². The second kappa shape index (κ2) is 4.45. The van der Waals surface area contributed by atoms with Crippen molar-refractivity contribution in [3.8, 4) is 17.0 Å². The summed E-state index contributed by atoms with van der Waals surface area (Å²) in [6, 6.07) is 12.2. The molecular weight excluding hydrogens is 206 g/mol. The molecule has 1 aromatic carbocycles. The van der Waals surface area contributed by atoms with Crippen LogP contribution >= 0.6 is 11.8 Å². The van der Waals surface area contributed by atoms with E-state index in [-0.39, 0.29) is 0 Å². The molecule has 0 atom stereocenters. The summed E-state index contributed by atoms with van der Waals surface area (Å²) in [4.78, 5) is 3.34. The molecule has 0 unspecified atom stereocenters. The summed E-state index contributed by atoms with van der Waals surface area (Å²) in [5.74, 6) is 0.882. The minimum absolute atomic E-state index is 0.882. The van der Waals surface area contributed by atoms with E-state index < -0.39 is 0 Å². The number of nitrogens with one attached hydrogen (secondary N) is 1. The van der Waals surface area contributed by atoms with Crippen molar-refractivity contribution in [3.05, 3.63) is 36.4 Å². The van der Waals surface area contributed by atoms with E-state index in [1.165, 1.54) is 5.03 Å². The smallest absolute Gasteiger partial charge is 0.119 e. The summed E-state index contributed by atoms with van der Waals surface area (Å²) in [6.45, 7) is 0. The number of thioether (sulfide) groups is 1. The molecule has 2 nitrogen and oxygen atoms in total. The highest BCUT2D eigenvalue weighted by atomic mass is 32.2. The maximum absolute atomic E-state index is 5.19. The minimum atomic E-state index is 0.882. The topological polar surface area (TPSA) is 25.0 Å². The van der Waals surface area contributed by atoms with Gasteiger partial charge in [-0.2, -0.15) is 0 Å². The Balaban J connectivity index is 2.35. The molecule has 0 saturated carbocycles. The number of methoxy groups -OCH3 is 1. The molecule has 0 aliphatic carbocycles. The predicted molar refractivity (Wildman–Crippen MR) is 64.6 cm³/mol. The second-order valence-corrected chi connectivity index (χ2v) is 4.02. The molecule has 0 spiro atoms. The molecule has 3 heteroatoms. The van der Waals surface area contributed by atoms with Crippen molar-refractivity contribution in [2.75, 3.05) is 13.4 Å². The Labute approximate surface area is 93.7 Å². The van der Waals surface area contributed by atoms with E-state index in [1.807, 2.05) is 18.2 Å². The van der Waals surface area contributed by atoms with Crippen LogP contribution in [-0.2, 0) is 0 Å². The van der Waals surface area contributed by atoms with Crippen LogP contribution in [0.4, 0.5) is 0 Å². The molecule has 2 aromatic rings. The Bertz CT molecular complexity index is 450. The lowest BCUT2D eigenvalue weighted by atomic mass is 10.1. The SMILES string of the molecule is COc1cccc(-c2ccc(SC)[nH]2)c1. The molecule has 0 saturated heterocycles. The fraction of sp³-hybridized carbons (Fsp3) is 0.167. The summed E-state index contributed by atoms with van der Waals surface area (Å²) < 4.78 is 5.19. The van der Waals surface area contributed by atoms with Gasteiger partial charge >= 0.3 is 0 Å². The van der Waals surface area contributed by atoms with Crippen LogP contribution in [0.3, 0.4) is 0 Å². The van der Waals surface area contributed by atoms with E-state index >= 15 is 0 Å². The highest BCUT2D eigenvalue weighted by molar-refractivity contribution is 7.98. The molecule has 1 aromatic heterocycles. The molecular formula is C12H13NOS. The summed E-state index contributed by atoms with van der Waals surface area (Å²) in [6.07, 6.45) is 2.06. The van der Waals surface area contributed by atoms with Crippen molar-refractivity contribution in [1.29, 1.82) is 0 Å². The van der Waals surface area contributed by atoms with Gasteiger partial charge in [-0.1, -0.05) is 12.1 Å². The minimum Gasteiger partial charge on any atom is -0.497 e. The van der Waals surface area contributed by atoms with Crippen molar-refractivity contribution in [2.24, 2.45) is 0 Å². The van der Waals surface area contributed by atoms with Crippen LogP contribution in [0.25, 0.3) is 11.3 Å². The maximum atomic E-state index is 5.19. The third-order valence-electron chi connectivity index (χ3n) is 2.26. The number of benzene rings is 1. The standard InChI is InChI=1S/C12H13NOS/c1-14-10-5-3-4-9(8-10)11-6-7-12(13-11)15-2/h3-8,13H,1-2H3. The van der Waals surface area contributed by atoms with Gasteiger partial charge in [0.1, 0.15) is 5.75 Å². The van der Waals surface area contributed by atoms with Gasteiger partial charge in [-0.05, 0) is 30.5 Å². The normalized spacial score (nSPS) is 10.3. The Kier molecular flexibility index (Phi) is 3.02. The molecule has 0 fully saturated rings. The Morgan fingerprint density at radius 1 is 1.20 bits per heavy atom. The van der Waals surface area contributed by atoms with Crippen molar-refractivity contribution < 1.29 is 4.74 Å². The molecule has 1 heterocycles. The quantitative estimate of drug-likeness (QED) is 0.800. The van der Waals surface area contributed by atoms with Crippen molar-refractivity contribution >= 4 is 11.8 Å². The van der Waals surface area contributed by atoms with Gasteiger partial charge in [-0.15, -0.1) is 11.8 Å². The Morgan fingerprint density at radius 2 is 2.07 bits per heavy atom. The van der Waals surface area contributed by atoms with Crippen molar-refractivity contribution in [1.82, 2.24) is 4.98 Å². The Morgan fingerprint density at radius 3 is 2.73 bits per heavy atom. The van der Waals surface area contributed by atoms with E-state index in [0.717, 1.165) is 17.0 Å². The van der Waals surface area contributed by atoms with Crippen LogP contribution in [0, 0.1) is 0 Å². The number of H-pyrrole nitrogens is 1. The summed E-state index contributed by atoms with van der Waals surface area (Å²) in [5.41, 5.74) is 2.27. The zero-order valence-corrected chi connectivity index (χ0v) is 9.60. The second-order valence-electron chi connectivity index (χ2n) is 3.17. The first kappa shape index (κ1) is 10.2. The first-order valence-electron chi connectivity index (χ1n) is 4.71. The van der Waals surface area contributed by atoms with Crippen molar-refractivity contribution in [2.45, 2.75) is 5.03 Å². The predicted octanol–water partition coefficient (Wildman–Crippen LogP) is 3.41. The molecule has 1 N–H and O–H groups in total. The lowest BCUT2D eigenvalue weighted by Crippen LogP contribution is -1.83. The zero-order valence-electron chi connectivity index (χ0n) is 8.78. The lowest BCUT2D eigenvalue weighted by Gasteiger charge is -2.02. The lowest BCUT2D eigenvalue weighted by molar-refractivity contribution is 0.415. The number of aromatic nitrogens is 1. The van der Waals surface area contributed by atoms with Gasteiger partial charge in [-0.3, -0.25) is 0 Å². The summed E-state index contributed by atoms with van der Waals surface area (Å²) in [5, 5.41) is 1.17. The third kappa shape index (κ3) is 2.18. The van der Waals surface area contributed by atoms with Gasteiger partial charge in [0.25, 0.3) is 0 Å². The average molecular weight is 219 g/mol. The number of hydrogen-bond acceptors (Lipinski definition) is 2. The van der Waals surface area contributed by atoms with Crippen LogP contribution in [0.2, 0.25) is 0 Å². The fourth-order valence-electron chi connectivity index (χ4n) is 1.45. The first-order valence-corrected chi connectivity index (χ1v) is 5.93. The van der Waals surface area contributed by atoms with Gasteiger partial charge in [0.15, 0.2) is 0 Å². The van der Waals surface area contributed by atoms with E-state index in [1.54, 1.807) is 18.9 Å². The van der Waals surface area contributed by atoms with E-state index in [0.29, 0.717) is 0 Å². The highest BCUT2D eigenvalue weighted by Gasteiger charge is 2.01. The van der Waals surface area contributed by atoms with Crippen LogP contribution in [0.5, 0.6) is 5.75 Å². The number of aromatic amines is 1. The van der Waals surface area contributed by atoms with Gasteiger partial charge in [0.05, 0.1) is 12.1 Å². The molecule has 0 amide bonds. The Hall–Kier alpha value is -1.35. The molecule has 15 heavy (non-hydrogen) atoms. The van der Waals surface area contributed by atoms with Gasteiger partial charge in [-0.25, -0.2) is 0 Å². The first-order chi connectivity index (χ1) is 7.33.